The summed E-state index contributed by atoms with van der Waals surface area (Å²) in [5, 5.41) is 11.4. The number of hydrogen-bond acceptors (Lipinski definition) is 5. The molecular formula is C12H17ClN4O2. The van der Waals surface area contributed by atoms with Crippen molar-refractivity contribution in [1.82, 2.24) is 9.88 Å². The van der Waals surface area contributed by atoms with Crippen molar-refractivity contribution >= 4 is 23.1 Å². The molecule has 0 N–H and O–H groups in total. The number of likely N-dealkylation sites (N-methyl/N-ethyl adjacent to an activating group) is 1. The Morgan fingerprint density at radius 3 is 2.68 bits per heavy atom. The van der Waals surface area contributed by atoms with E-state index < -0.39 is 4.92 Å². The molecule has 1 aliphatic rings. The number of nitrogens with zero attached hydrogens (tertiary/aromatic N) is 4. The second-order valence-electron chi connectivity index (χ2n) is 5.39. The lowest BCUT2D eigenvalue weighted by atomic mass is 10.00. The molecule has 6 nitrogen and oxygen atoms in total. The first kappa shape index (κ1) is 14.0. The van der Waals surface area contributed by atoms with Crippen molar-refractivity contribution in [1.29, 1.82) is 0 Å². The van der Waals surface area contributed by atoms with E-state index in [9.17, 15) is 10.1 Å². The van der Waals surface area contributed by atoms with Crippen LogP contribution < -0.4 is 4.90 Å². The first-order valence-electron chi connectivity index (χ1n) is 6.08. The highest BCUT2D eigenvalue weighted by Crippen LogP contribution is 2.31. The summed E-state index contributed by atoms with van der Waals surface area (Å²) in [6, 6.07) is 2.86. The number of anilines is 1. The first-order chi connectivity index (χ1) is 8.81. The number of rotatable bonds is 2. The number of halogens is 1. The van der Waals surface area contributed by atoms with Crippen LogP contribution in [0.3, 0.4) is 0 Å². The maximum atomic E-state index is 11.1. The Morgan fingerprint density at radius 1 is 1.42 bits per heavy atom. The van der Waals surface area contributed by atoms with Gasteiger partial charge in [0, 0.05) is 31.2 Å². The number of pyridine rings is 1. The number of piperazine rings is 1. The Kier molecular flexibility index (Phi) is 3.64. The monoisotopic (exact) mass is 284 g/mol. The summed E-state index contributed by atoms with van der Waals surface area (Å²) in [5.74, 6) is 0.360. The van der Waals surface area contributed by atoms with E-state index in [2.05, 4.69) is 30.8 Å². The van der Waals surface area contributed by atoms with Gasteiger partial charge in [-0.3, -0.25) is 15.0 Å². The lowest BCUT2D eigenvalue weighted by Gasteiger charge is -2.45. The molecule has 2 rings (SSSR count). The minimum absolute atomic E-state index is 0.00440. The van der Waals surface area contributed by atoms with Gasteiger partial charge >= 0.3 is 5.69 Å². The van der Waals surface area contributed by atoms with Crippen molar-refractivity contribution in [2.75, 3.05) is 31.6 Å². The molecule has 19 heavy (non-hydrogen) atoms. The molecule has 104 valence electrons. The lowest BCUT2D eigenvalue weighted by Crippen LogP contribution is -2.58. The maximum absolute atomic E-state index is 11.1. The highest BCUT2D eigenvalue weighted by molar-refractivity contribution is 6.29. The Hall–Kier alpha value is -1.40. The number of hydrogen-bond donors (Lipinski definition) is 0. The van der Waals surface area contributed by atoms with E-state index in [0.717, 1.165) is 6.54 Å². The zero-order valence-corrected chi connectivity index (χ0v) is 12.0. The van der Waals surface area contributed by atoms with Gasteiger partial charge in [-0.2, -0.15) is 0 Å². The van der Waals surface area contributed by atoms with E-state index in [1.54, 1.807) is 0 Å². The molecule has 1 aromatic rings. The van der Waals surface area contributed by atoms with Gasteiger partial charge < -0.3 is 4.90 Å². The summed E-state index contributed by atoms with van der Waals surface area (Å²) >= 11 is 5.87. The fourth-order valence-electron chi connectivity index (χ4n) is 2.21. The maximum Gasteiger partial charge on any atom is 0.311 e. The molecule has 0 aliphatic carbocycles. The smallest absolute Gasteiger partial charge is 0.311 e. The normalized spacial score (nSPS) is 19.5. The standard InChI is InChI=1S/C12H17ClN4O2/c1-12(2)8-16(7-6-15(12)3)11-9(17(18)19)4-5-10(13)14-11/h4-5H,6-8H2,1-3H3. The Morgan fingerprint density at radius 2 is 2.11 bits per heavy atom. The molecule has 1 fully saturated rings. The summed E-state index contributed by atoms with van der Waals surface area (Å²) in [6.45, 7) is 6.43. The summed E-state index contributed by atoms with van der Waals surface area (Å²) in [5.41, 5.74) is -0.0550. The predicted molar refractivity (Wildman–Crippen MR) is 74.8 cm³/mol. The van der Waals surface area contributed by atoms with E-state index in [1.165, 1.54) is 12.1 Å². The zero-order chi connectivity index (χ0) is 14.2. The van der Waals surface area contributed by atoms with Crippen LogP contribution in [0.4, 0.5) is 11.5 Å². The fourth-order valence-corrected chi connectivity index (χ4v) is 2.36. The second kappa shape index (κ2) is 4.94. The van der Waals surface area contributed by atoms with Crippen LogP contribution in [0, 0.1) is 10.1 Å². The van der Waals surface area contributed by atoms with Crippen LogP contribution >= 0.6 is 11.6 Å². The predicted octanol–water partition coefficient (Wildman–Crippen LogP) is 2.17. The molecule has 1 saturated heterocycles. The van der Waals surface area contributed by atoms with Crippen LogP contribution in [0.25, 0.3) is 0 Å². The highest BCUT2D eigenvalue weighted by Gasteiger charge is 2.34. The third-order valence-corrected chi connectivity index (χ3v) is 3.84. The van der Waals surface area contributed by atoms with Crippen molar-refractivity contribution in [3.8, 4) is 0 Å². The summed E-state index contributed by atoms with van der Waals surface area (Å²) < 4.78 is 0. The summed E-state index contributed by atoms with van der Waals surface area (Å²) in [4.78, 5) is 19.0. The van der Waals surface area contributed by atoms with E-state index in [-0.39, 0.29) is 16.4 Å². The van der Waals surface area contributed by atoms with Gasteiger partial charge in [-0.1, -0.05) is 11.6 Å². The topological polar surface area (TPSA) is 62.5 Å². The molecule has 0 aromatic carbocycles. The van der Waals surface area contributed by atoms with E-state index in [1.807, 2.05) is 4.90 Å². The van der Waals surface area contributed by atoms with E-state index in [0.29, 0.717) is 18.9 Å². The molecule has 0 unspecified atom stereocenters. The van der Waals surface area contributed by atoms with Gasteiger partial charge in [-0.15, -0.1) is 0 Å². The summed E-state index contributed by atoms with van der Waals surface area (Å²) in [6.07, 6.45) is 0. The van der Waals surface area contributed by atoms with Crippen LogP contribution in [-0.2, 0) is 0 Å². The highest BCUT2D eigenvalue weighted by atomic mass is 35.5. The van der Waals surface area contributed by atoms with Gasteiger partial charge in [0.25, 0.3) is 0 Å². The van der Waals surface area contributed by atoms with Gasteiger partial charge in [0.1, 0.15) is 5.15 Å². The van der Waals surface area contributed by atoms with Gasteiger partial charge in [-0.05, 0) is 27.0 Å². The van der Waals surface area contributed by atoms with Crippen LogP contribution in [0.15, 0.2) is 12.1 Å². The quantitative estimate of drug-likeness (QED) is 0.473. The summed E-state index contributed by atoms with van der Waals surface area (Å²) in [7, 11) is 2.05. The van der Waals surface area contributed by atoms with Crippen LogP contribution in [0.5, 0.6) is 0 Å². The fraction of sp³-hybridized carbons (Fsp3) is 0.583. The largest absolute Gasteiger partial charge is 0.348 e. The number of nitro groups is 1. The zero-order valence-electron chi connectivity index (χ0n) is 11.3. The van der Waals surface area contributed by atoms with Crippen LogP contribution in [0.2, 0.25) is 5.15 Å². The average Bonchev–Trinajstić information content (AvgIpc) is 2.32. The third kappa shape index (κ3) is 2.79. The average molecular weight is 285 g/mol. The van der Waals surface area contributed by atoms with Gasteiger partial charge in [-0.25, -0.2) is 4.98 Å². The minimum atomic E-state index is -0.413. The molecule has 0 spiro atoms. The van der Waals surface area contributed by atoms with E-state index >= 15 is 0 Å². The van der Waals surface area contributed by atoms with Crippen molar-refractivity contribution in [3.05, 3.63) is 27.4 Å². The van der Waals surface area contributed by atoms with Crippen molar-refractivity contribution < 1.29 is 4.92 Å². The van der Waals surface area contributed by atoms with E-state index in [4.69, 9.17) is 11.6 Å². The molecule has 0 bridgehead atoms. The first-order valence-corrected chi connectivity index (χ1v) is 6.46. The SMILES string of the molecule is CN1CCN(c2nc(Cl)ccc2[N+](=O)[O-])CC1(C)C. The van der Waals surface area contributed by atoms with Crippen LogP contribution in [0.1, 0.15) is 13.8 Å². The molecule has 1 aromatic heterocycles. The van der Waals surface area contributed by atoms with Gasteiger partial charge in [0.15, 0.2) is 0 Å². The molecule has 0 amide bonds. The minimum Gasteiger partial charge on any atom is -0.348 e. The number of aromatic nitrogens is 1. The third-order valence-electron chi connectivity index (χ3n) is 3.63. The Bertz CT molecular complexity index is 507. The van der Waals surface area contributed by atoms with Crippen molar-refractivity contribution in [2.45, 2.75) is 19.4 Å². The molecule has 0 atom stereocenters. The molecule has 7 heteroatoms. The van der Waals surface area contributed by atoms with Crippen LogP contribution in [-0.4, -0.2) is 47.0 Å². The molecule has 0 saturated carbocycles. The van der Waals surface area contributed by atoms with Gasteiger partial charge in [0.2, 0.25) is 5.82 Å². The molecule has 1 aliphatic heterocycles. The molecular weight excluding hydrogens is 268 g/mol. The Labute approximate surface area is 117 Å². The lowest BCUT2D eigenvalue weighted by molar-refractivity contribution is -0.384. The van der Waals surface area contributed by atoms with Crippen molar-refractivity contribution in [2.24, 2.45) is 0 Å². The molecule has 0 radical (unpaired) electrons. The second-order valence-corrected chi connectivity index (χ2v) is 5.78. The Balaban J connectivity index is 2.36. The molecule has 2 heterocycles. The van der Waals surface area contributed by atoms with Crippen molar-refractivity contribution in [3.63, 3.8) is 0 Å². The van der Waals surface area contributed by atoms with Gasteiger partial charge in [0.05, 0.1) is 4.92 Å².